The Bertz CT molecular complexity index is 560. The molecule has 0 saturated carbocycles. The maximum atomic E-state index is 6.26. The second-order valence-corrected chi connectivity index (χ2v) is 5.46. The van der Waals surface area contributed by atoms with Crippen LogP contribution in [0.3, 0.4) is 0 Å². The average Bonchev–Trinajstić information content (AvgIpc) is 2.86. The molecule has 1 aromatic carbocycles. The standard InChI is InChI=1S/C17H25N3O/c1-4-15-12-16(20(2)19-15)11-14(18)8-5-13-6-9-17(21-3)10-7-13/h6-7,9-10,12,14H,4-5,8,11,18H2,1-3H3. The van der Waals surface area contributed by atoms with Crippen molar-refractivity contribution in [3.8, 4) is 5.75 Å². The molecule has 0 spiro atoms. The second-order valence-electron chi connectivity index (χ2n) is 5.46. The molecule has 0 aliphatic rings. The van der Waals surface area contributed by atoms with Gasteiger partial charge in [-0.2, -0.15) is 5.10 Å². The van der Waals surface area contributed by atoms with Crippen LogP contribution in [0.5, 0.6) is 5.75 Å². The molecule has 2 rings (SSSR count). The van der Waals surface area contributed by atoms with Crippen LogP contribution in [0.2, 0.25) is 0 Å². The largest absolute Gasteiger partial charge is 0.497 e. The molecule has 1 unspecified atom stereocenters. The fourth-order valence-corrected chi connectivity index (χ4v) is 2.45. The first-order valence-corrected chi connectivity index (χ1v) is 7.52. The van der Waals surface area contributed by atoms with E-state index in [0.29, 0.717) is 0 Å². The zero-order valence-electron chi connectivity index (χ0n) is 13.2. The van der Waals surface area contributed by atoms with E-state index in [0.717, 1.165) is 37.1 Å². The van der Waals surface area contributed by atoms with Crippen molar-refractivity contribution >= 4 is 0 Å². The van der Waals surface area contributed by atoms with E-state index in [9.17, 15) is 0 Å². The fourth-order valence-electron chi connectivity index (χ4n) is 2.45. The highest BCUT2D eigenvalue weighted by atomic mass is 16.5. The lowest BCUT2D eigenvalue weighted by molar-refractivity contribution is 0.414. The maximum absolute atomic E-state index is 6.26. The molecule has 0 amide bonds. The van der Waals surface area contributed by atoms with Gasteiger partial charge in [-0.1, -0.05) is 19.1 Å². The van der Waals surface area contributed by atoms with Crippen LogP contribution >= 0.6 is 0 Å². The number of rotatable bonds is 7. The van der Waals surface area contributed by atoms with E-state index in [1.165, 1.54) is 11.3 Å². The molecule has 0 bridgehead atoms. The van der Waals surface area contributed by atoms with Crippen molar-refractivity contribution in [1.82, 2.24) is 9.78 Å². The molecule has 21 heavy (non-hydrogen) atoms. The summed E-state index contributed by atoms with van der Waals surface area (Å²) in [5, 5.41) is 4.47. The van der Waals surface area contributed by atoms with E-state index in [-0.39, 0.29) is 6.04 Å². The van der Waals surface area contributed by atoms with E-state index >= 15 is 0 Å². The van der Waals surface area contributed by atoms with Crippen molar-refractivity contribution in [2.75, 3.05) is 7.11 Å². The number of nitrogens with zero attached hydrogens (tertiary/aromatic N) is 2. The van der Waals surface area contributed by atoms with Gasteiger partial charge in [-0.3, -0.25) is 4.68 Å². The summed E-state index contributed by atoms with van der Waals surface area (Å²) in [4.78, 5) is 0. The number of benzene rings is 1. The summed E-state index contributed by atoms with van der Waals surface area (Å²) in [7, 11) is 3.67. The predicted molar refractivity (Wildman–Crippen MR) is 85.6 cm³/mol. The van der Waals surface area contributed by atoms with E-state index in [2.05, 4.69) is 30.2 Å². The predicted octanol–water partition coefficient (Wildman–Crippen LogP) is 2.49. The number of ether oxygens (including phenoxy) is 1. The Balaban J connectivity index is 1.86. The first-order valence-electron chi connectivity index (χ1n) is 7.52. The summed E-state index contributed by atoms with van der Waals surface area (Å²) in [5.74, 6) is 0.894. The fraction of sp³-hybridized carbons (Fsp3) is 0.471. The molecule has 1 aromatic heterocycles. The summed E-state index contributed by atoms with van der Waals surface area (Å²) in [5.41, 5.74) is 9.91. The van der Waals surface area contributed by atoms with Crippen molar-refractivity contribution in [2.45, 2.75) is 38.6 Å². The molecule has 0 radical (unpaired) electrons. The molecule has 0 fully saturated rings. The minimum absolute atomic E-state index is 0.159. The zero-order chi connectivity index (χ0) is 15.2. The third kappa shape index (κ3) is 4.33. The quantitative estimate of drug-likeness (QED) is 0.851. The van der Waals surface area contributed by atoms with E-state index < -0.39 is 0 Å². The lowest BCUT2D eigenvalue weighted by Gasteiger charge is -2.12. The average molecular weight is 287 g/mol. The van der Waals surface area contributed by atoms with Gasteiger partial charge >= 0.3 is 0 Å². The van der Waals surface area contributed by atoms with Gasteiger partial charge in [0.2, 0.25) is 0 Å². The molecule has 2 aromatic rings. The maximum Gasteiger partial charge on any atom is 0.118 e. The molecule has 114 valence electrons. The number of methoxy groups -OCH3 is 1. The van der Waals surface area contributed by atoms with E-state index in [4.69, 9.17) is 10.5 Å². The first-order chi connectivity index (χ1) is 10.1. The van der Waals surface area contributed by atoms with Gasteiger partial charge in [0.25, 0.3) is 0 Å². The SMILES string of the molecule is CCc1cc(CC(N)CCc2ccc(OC)cc2)n(C)n1. The number of hydrogen-bond donors (Lipinski definition) is 1. The van der Waals surface area contributed by atoms with Crippen molar-refractivity contribution in [3.05, 3.63) is 47.3 Å². The summed E-state index contributed by atoms with van der Waals surface area (Å²) in [6, 6.07) is 10.5. The van der Waals surface area contributed by atoms with Gasteiger partial charge in [0, 0.05) is 25.2 Å². The van der Waals surface area contributed by atoms with Crippen molar-refractivity contribution < 1.29 is 4.74 Å². The van der Waals surface area contributed by atoms with Gasteiger partial charge in [0.15, 0.2) is 0 Å². The van der Waals surface area contributed by atoms with Crippen LogP contribution in [0.25, 0.3) is 0 Å². The third-order valence-corrected chi connectivity index (χ3v) is 3.82. The highest BCUT2D eigenvalue weighted by molar-refractivity contribution is 5.27. The molecule has 0 aliphatic carbocycles. The highest BCUT2D eigenvalue weighted by Crippen LogP contribution is 2.14. The van der Waals surface area contributed by atoms with Crippen LogP contribution in [0, 0.1) is 0 Å². The molecule has 0 saturated heterocycles. The lowest BCUT2D eigenvalue weighted by Crippen LogP contribution is -2.24. The number of aryl methyl sites for hydroxylation is 3. The summed E-state index contributed by atoms with van der Waals surface area (Å²) in [6.07, 6.45) is 3.80. The van der Waals surface area contributed by atoms with Gasteiger partial charge < -0.3 is 10.5 Å². The molecule has 1 heterocycles. The van der Waals surface area contributed by atoms with Crippen LogP contribution in [0.1, 0.15) is 30.3 Å². The molecule has 1 atom stereocenters. The van der Waals surface area contributed by atoms with Crippen LogP contribution in [-0.4, -0.2) is 22.9 Å². The Morgan fingerprint density at radius 2 is 2.00 bits per heavy atom. The van der Waals surface area contributed by atoms with Crippen LogP contribution < -0.4 is 10.5 Å². The highest BCUT2D eigenvalue weighted by Gasteiger charge is 2.09. The van der Waals surface area contributed by atoms with Crippen molar-refractivity contribution in [1.29, 1.82) is 0 Å². The summed E-state index contributed by atoms with van der Waals surface area (Å²) >= 11 is 0. The molecular formula is C17H25N3O. The van der Waals surface area contributed by atoms with Crippen molar-refractivity contribution in [3.63, 3.8) is 0 Å². The number of nitrogens with two attached hydrogens (primary N) is 1. The topological polar surface area (TPSA) is 53.1 Å². The van der Waals surface area contributed by atoms with Gasteiger partial charge in [-0.15, -0.1) is 0 Å². The van der Waals surface area contributed by atoms with Gasteiger partial charge in [0.1, 0.15) is 5.75 Å². The first kappa shape index (κ1) is 15.6. The van der Waals surface area contributed by atoms with Crippen LogP contribution in [0.15, 0.2) is 30.3 Å². The Morgan fingerprint density at radius 3 is 2.57 bits per heavy atom. The molecule has 4 heteroatoms. The molecular weight excluding hydrogens is 262 g/mol. The monoisotopic (exact) mass is 287 g/mol. The minimum atomic E-state index is 0.159. The van der Waals surface area contributed by atoms with Crippen molar-refractivity contribution in [2.24, 2.45) is 12.8 Å². The van der Waals surface area contributed by atoms with Crippen LogP contribution in [0.4, 0.5) is 0 Å². The normalized spacial score (nSPS) is 12.4. The molecule has 0 aliphatic heterocycles. The zero-order valence-corrected chi connectivity index (χ0v) is 13.2. The van der Waals surface area contributed by atoms with E-state index in [1.807, 2.05) is 23.9 Å². The number of aromatic nitrogens is 2. The Hall–Kier alpha value is -1.81. The minimum Gasteiger partial charge on any atom is -0.497 e. The smallest absolute Gasteiger partial charge is 0.118 e. The van der Waals surface area contributed by atoms with Gasteiger partial charge in [0.05, 0.1) is 12.8 Å². The third-order valence-electron chi connectivity index (χ3n) is 3.82. The van der Waals surface area contributed by atoms with Crippen LogP contribution in [-0.2, 0) is 26.3 Å². The molecule has 2 N–H and O–H groups in total. The lowest BCUT2D eigenvalue weighted by atomic mass is 10.0. The summed E-state index contributed by atoms with van der Waals surface area (Å²) in [6.45, 7) is 2.12. The Labute approximate surface area is 126 Å². The van der Waals surface area contributed by atoms with E-state index in [1.54, 1.807) is 7.11 Å². The Kier molecular flexibility index (Phi) is 5.39. The second kappa shape index (κ2) is 7.27. The van der Waals surface area contributed by atoms with Gasteiger partial charge in [-0.25, -0.2) is 0 Å². The molecule has 4 nitrogen and oxygen atoms in total. The number of hydrogen-bond acceptors (Lipinski definition) is 3. The summed E-state index contributed by atoms with van der Waals surface area (Å²) < 4.78 is 7.12. The van der Waals surface area contributed by atoms with Gasteiger partial charge in [-0.05, 0) is 43.0 Å². The Morgan fingerprint density at radius 1 is 1.29 bits per heavy atom.